The molecule has 0 unspecified atom stereocenters. The average Bonchev–Trinajstić information content (AvgIpc) is 2.62. The molecule has 0 spiro atoms. The number of nitrogens with one attached hydrogen (secondary N) is 1. The first kappa shape index (κ1) is 19.7. The summed E-state index contributed by atoms with van der Waals surface area (Å²) in [4.78, 5) is 24.3. The topological polar surface area (TPSA) is 64.6 Å². The molecule has 0 aliphatic carbocycles. The Morgan fingerprint density at radius 1 is 1.15 bits per heavy atom. The van der Waals surface area contributed by atoms with Gasteiger partial charge in [0, 0.05) is 5.69 Å². The quantitative estimate of drug-likeness (QED) is 0.722. The average molecular weight is 380 g/mol. The minimum atomic E-state index is -0.776. The molecule has 0 radical (unpaired) electrons. The van der Waals surface area contributed by atoms with Gasteiger partial charge in [0.1, 0.15) is 11.6 Å². The molecule has 0 aliphatic rings. The van der Waals surface area contributed by atoms with E-state index in [1.165, 1.54) is 36.4 Å². The van der Waals surface area contributed by atoms with Crippen LogP contribution in [0.15, 0.2) is 42.5 Å². The summed E-state index contributed by atoms with van der Waals surface area (Å²) in [5.41, 5.74) is 0.558. The van der Waals surface area contributed by atoms with E-state index in [0.29, 0.717) is 17.9 Å². The molecule has 2 aromatic carbocycles. The Kier molecular flexibility index (Phi) is 6.97. The third-order valence-corrected chi connectivity index (χ3v) is 3.81. The predicted octanol–water partition coefficient (Wildman–Crippen LogP) is 4.45. The fraction of sp³-hybridized carbons (Fsp3) is 0.263. The largest absolute Gasteiger partial charge is 0.481 e. The molecule has 2 rings (SSSR count). The summed E-state index contributed by atoms with van der Waals surface area (Å²) in [6.07, 6.45) is -0.371. The van der Waals surface area contributed by atoms with Gasteiger partial charge in [-0.25, -0.2) is 9.18 Å². The number of benzene rings is 2. The SMILES string of the molecule is CCOC(=O)c1cc(NC(=O)[C@H](CC)Oc2ccc(F)cc2)ccc1Cl. The van der Waals surface area contributed by atoms with Crippen LogP contribution in [0.1, 0.15) is 30.6 Å². The summed E-state index contributed by atoms with van der Waals surface area (Å²) < 4.78 is 23.5. The zero-order valence-electron chi connectivity index (χ0n) is 14.4. The Morgan fingerprint density at radius 3 is 2.46 bits per heavy atom. The Bertz CT molecular complexity index is 780. The second-order valence-electron chi connectivity index (χ2n) is 5.37. The fourth-order valence-corrected chi connectivity index (χ4v) is 2.39. The maximum Gasteiger partial charge on any atom is 0.339 e. The van der Waals surface area contributed by atoms with Gasteiger partial charge in [0.25, 0.3) is 5.91 Å². The number of rotatable bonds is 7. The van der Waals surface area contributed by atoms with Gasteiger partial charge in [-0.15, -0.1) is 0 Å². The molecule has 1 atom stereocenters. The van der Waals surface area contributed by atoms with Crippen LogP contribution in [-0.2, 0) is 9.53 Å². The standard InChI is InChI=1S/C19H19ClFNO4/c1-3-17(26-14-8-5-12(21)6-9-14)18(23)22-13-7-10-16(20)15(11-13)19(24)25-4-2/h5-11,17H,3-4H2,1-2H3,(H,22,23)/t17-/m0/s1. The van der Waals surface area contributed by atoms with Crippen molar-refractivity contribution in [3.8, 4) is 5.75 Å². The van der Waals surface area contributed by atoms with Crippen LogP contribution in [0.25, 0.3) is 0 Å². The monoisotopic (exact) mass is 379 g/mol. The molecule has 138 valence electrons. The summed E-state index contributed by atoms with van der Waals surface area (Å²) in [6.45, 7) is 3.70. The van der Waals surface area contributed by atoms with Gasteiger partial charge in [-0.05, 0) is 55.8 Å². The molecule has 0 aromatic heterocycles. The summed E-state index contributed by atoms with van der Waals surface area (Å²) in [5.74, 6) is -0.962. The van der Waals surface area contributed by atoms with Crippen molar-refractivity contribution in [2.45, 2.75) is 26.4 Å². The Labute approximate surface area is 156 Å². The minimum Gasteiger partial charge on any atom is -0.481 e. The van der Waals surface area contributed by atoms with Crippen LogP contribution < -0.4 is 10.1 Å². The van der Waals surface area contributed by atoms with Crippen LogP contribution in [-0.4, -0.2) is 24.6 Å². The van der Waals surface area contributed by atoms with Crippen molar-refractivity contribution >= 4 is 29.2 Å². The van der Waals surface area contributed by atoms with Gasteiger partial charge in [-0.3, -0.25) is 4.79 Å². The highest BCUT2D eigenvalue weighted by atomic mass is 35.5. The summed E-state index contributed by atoms with van der Waals surface area (Å²) in [5, 5.41) is 2.92. The maximum atomic E-state index is 13.0. The molecule has 0 saturated heterocycles. The molecule has 0 fully saturated rings. The zero-order chi connectivity index (χ0) is 19.1. The number of halogens is 2. The highest BCUT2D eigenvalue weighted by Gasteiger charge is 2.20. The number of hydrogen-bond donors (Lipinski definition) is 1. The molecule has 26 heavy (non-hydrogen) atoms. The van der Waals surface area contributed by atoms with E-state index in [2.05, 4.69) is 5.32 Å². The van der Waals surface area contributed by atoms with E-state index < -0.39 is 18.0 Å². The van der Waals surface area contributed by atoms with Crippen LogP contribution in [0.4, 0.5) is 10.1 Å². The van der Waals surface area contributed by atoms with E-state index in [9.17, 15) is 14.0 Å². The number of ether oxygens (including phenoxy) is 2. The highest BCUT2D eigenvalue weighted by molar-refractivity contribution is 6.33. The molecule has 0 heterocycles. The molecular formula is C19H19ClFNO4. The van der Waals surface area contributed by atoms with Crippen molar-refractivity contribution in [2.75, 3.05) is 11.9 Å². The Morgan fingerprint density at radius 2 is 1.85 bits per heavy atom. The number of anilines is 1. The molecule has 1 amide bonds. The summed E-state index contributed by atoms with van der Waals surface area (Å²) in [6, 6.07) is 9.94. The molecule has 1 N–H and O–H groups in total. The summed E-state index contributed by atoms with van der Waals surface area (Å²) >= 11 is 6.00. The second kappa shape index (κ2) is 9.20. The molecule has 7 heteroatoms. The van der Waals surface area contributed by atoms with E-state index >= 15 is 0 Å². The van der Waals surface area contributed by atoms with E-state index in [1.54, 1.807) is 19.9 Å². The molecule has 2 aromatic rings. The zero-order valence-corrected chi connectivity index (χ0v) is 15.2. The lowest BCUT2D eigenvalue weighted by Crippen LogP contribution is -2.32. The Balaban J connectivity index is 2.10. The second-order valence-corrected chi connectivity index (χ2v) is 5.78. The third kappa shape index (κ3) is 5.20. The van der Waals surface area contributed by atoms with Gasteiger partial charge in [-0.1, -0.05) is 18.5 Å². The van der Waals surface area contributed by atoms with E-state index in [0.717, 1.165) is 0 Å². The van der Waals surface area contributed by atoms with Crippen molar-refractivity contribution < 1.29 is 23.5 Å². The summed E-state index contributed by atoms with van der Waals surface area (Å²) in [7, 11) is 0. The lowest BCUT2D eigenvalue weighted by molar-refractivity contribution is -0.122. The van der Waals surface area contributed by atoms with E-state index in [-0.39, 0.29) is 23.0 Å². The van der Waals surface area contributed by atoms with Crippen LogP contribution in [0.5, 0.6) is 5.75 Å². The van der Waals surface area contributed by atoms with Crippen LogP contribution in [0, 0.1) is 5.82 Å². The van der Waals surface area contributed by atoms with Gasteiger partial charge in [-0.2, -0.15) is 0 Å². The van der Waals surface area contributed by atoms with Crippen molar-refractivity contribution in [2.24, 2.45) is 0 Å². The smallest absolute Gasteiger partial charge is 0.339 e. The Hall–Kier alpha value is -2.60. The first-order chi connectivity index (χ1) is 12.4. The first-order valence-electron chi connectivity index (χ1n) is 8.14. The van der Waals surface area contributed by atoms with Gasteiger partial charge in [0.2, 0.25) is 0 Å². The highest BCUT2D eigenvalue weighted by Crippen LogP contribution is 2.22. The number of carbonyl (C=O) groups is 2. The van der Waals surface area contributed by atoms with Crippen LogP contribution in [0.2, 0.25) is 5.02 Å². The molecule has 0 aliphatic heterocycles. The van der Waals surface area contributed by atoms with Crippen LogP contribution in [0.3, 0.4) is 0 Å². The van der Waals surface area contributed by atoms with E-state index in [4.69, 9.17) is 21.1 Å². The van der Waals surface area contributed by atoms with Crippen LogP contribution >= 0.6 is 11.6 Å². The number of esters is 1. The van der Waals surface area contributed by atoms with Crippen molar-refractivity contribution in [1.29, 1.82) is 0 Å². The van der Waals surface area contributed by atoms with Crippen molar-refractivity contribution in [1.82, 2.24) is 0 Å². The fourth-order valence-electron chi connectivity index (χ4n) is 2.19. The normalized spacial score (nSPS) is 11.5. The van der Waals surface area contributed by atoms with Gasteiger partial charge >= 0.3 is 5.97 Å². The molecule has 0 saturated carbocycles. The number of hydrogen-bond acceptors (Lipinski definition) is 4. The van der Waals surface area contributed by atoms with Crippen molar-refractivity contribution in [3.05, 3.63) is 58.9 Å². The maximum absolute atomic E-state index is 13.0. The molecular weight excluding hydrogens is 361 g/mol. The number of amides is 1. The van der Waals surface area contributed by atoms with Gasteiger partial charge < -0.3 is 14.8 Å². The third-order valence-electron chi connectivity index (χ3n) is 3.48. The lowest BCUT2D eigenvalue weighted by Gasteiger charge is -2.17. The van der Waals surface area contributed by atoms with Gasteiger partial charge in [0.15, 0.2) is 6.10 Å². The number of carbonyl (C=O) groups excluding carboxylic acids is 2. The van der Waals surface area contributed by atoms with Crippen molar-refractivity contribution in [3.63, 3.8) is 0 Å². The minimum absolute atomic E-state index is 0.166. The first-order valence-corrected chi connectivity index (χ1v) is 8.52. The van der Waals surface area contributed by atoms with E-state index in [1.807, 2.05) is 0 Å². The predicted molar refractivity (Wildman–Crippen MR) is 97.1 cm³/mol. The molecule has 0 bridgehead atoms. The lowest BCUT2D eigenvalue weighted by atomic mass is 10.2. The van der Waals surface area contributed by atoms with Gasteiger partial charge in [0.05, 0.1) is 17.2 Å². The molecule has 5 nitrogen and oxygen atoms in total.